The molecule has 6 nitrogen and oxygen atoms in total. The third-order valence-corrected chi connectivity index (χ3v) is 3.24. The second kappa shape index (κ2) is 8.39. The molecular formula is C15H22N2O4. The minimum Gasteiger partial charge on any atom is -0.480 e. The first kappa shape index (κ1) is 17.1. The number of hydrogen-bond acceptors (Lipinski definition) is 4. The first-order valence-corrected chi connectivity index (χ1v) is 6.70. The van der Waals surface area contributed by atoms with E-state index in [0.717, 1.165) is 11.1 Å². The van der Waals surface area contributed by atoms with Crippen molar-refractivity contribution < 1.29 is 19.4 Å². The normalized spacial score (nSPS) is 12.2. The molecule has 1 aromatic rings. The van der Waals surface area contributed by atoms with Crippen molar-refractivity contribution in [3.05, 3.63) is 35.4 Å². The number of rotatable bonds is 8. The number of carboxylic acids is 1. The highest BCUT2D eigenvalue weighted by Crippen LogP contribution is 2.05. The zero-order chi connectivity index (χ0) is 15.8. The SMILES string of the molecule is COCc1ccc(CNC(=O)CN(C)C(C)C(=O)O)cc1. The molecule has 0 aliphatic rings. The third-order valence-electron chi connectivity index (χ3n) is 3.24. The average Bonchev–Trinajstić information content (AvgIpc) is 2.45. The zero-order valence-electron chi connectivity index (χ0n) is 12.6. The number of benzene rings is 1. The molecule has 2 N–H and O–H groups in total. The van der Waals surface area contributed by atoms with Crippen molar-refractivity contribution in [2.24, 2.45) is 0 Å². The summed E-state index contributed by atoms with van der Waals surface area (Å²) in [4.78, 5) is 24.0. The summed E-state index contributed by atoms with van der Waals surface area (Å²) in [6, 6.07) is 7.06. The molecule has 0 aliphatic heterocycles. The topological polar surface area (TPSA) is 78.9 Å². The standard InChI is InChI=1S/C15H22N2O4/c1-11(15(19)20)17(2)9-14(18)16-8-12-4-6-13(7-5-12)10-21-3/h4-7,11H,8-10H2,1-3H3,(H,16,18)(H,19,20). The Kier molecular flexibility index (Phi) is 6.84. The van der Waals surface area contributed by atoms with E-state index in [4.69, 9.17) is 9.84 Å². The summed E-state index contributed by atoms with van der Waals surface area (Å²) in [5, 5.41) is 11.6. The van der Waals surface area contributed by atoms with Crippen molar-refractivity contribution in [2.75, 3.05) is 20.7 Å². The van der Waals surface area contributed by atoms with E-state index in [1.165, 1.54) is 4.90 Å². The highest BCUT2D eigenvalue weighted by Gasteiger charge is 2.18. The maximum absolute atomic E-state index is 11.8. The average molecular weight is 294 g/mol. The van der Waals surface area contributed by atoms with Gasteiger partial charge in [0.1, 0.15) is 6.04 Å². The number of aliphatic carboxylic acids is 1. The Morgan fingerprint density at radius 3 is 2.38 bits per heavy atom. The Hall–Kier alpha value is -1.92. The van der Waals surface area contributed by atoms with E-state index in [9.17, 15) is 9.59 Å². The summed E-state index contributed by atoms with van der Waals surface area (Å²) >= 11 is 0. The van der Waals surface area contributed by atoms with Gasteiger partial charge in [0.15, 0.2) is 0 Å². The van der Waals surface area contributed by atoms with Crippen molar-refractivity contribution in [2.45, 2.75) is 26.1 Å². The van der Waals surface area contributed by atoms with Crippen LogP contribution in [0.1, 0.15) is 18.1 Å². The van der Waals surface area contributed by atoms with Gasteiger partial charge < -0.3 is 15.2 Å². The van der Waals surface area contributed by atoms with Gasteiger partial charge in [0.05, 0.1) is 13.2 Å². The predicted molar refractivity (Wildman–Crippen MR) is 78.7 cm³/mol. The van der Waals surface area contributed by atoms with Gasteiger partial charge in [-0.05, 0) is 25.1 Å². The van der Waals surface area contributed by atoms with Gasteiger partial charge in [-0.25, -0.2) is 0 Å². The Morgan fingerprint density at radius 1 is 1.29 bits per heavy atom. The van der Waals surface area contributed by atoms with Crippen LogP contribution < -0.4 is 5.32 Å². The maximum atomic E-state index is 11.8. The molecule has 1 rings (SSSR count). The Labute approximate surface area is 124 Å². The van der Waals surface area contributed by atoms with Crippen LogP contribution in [0.3, 0.4) is 0 Å². The molecule has 0 aliphatic carbocycles. The van der Waals surface area contributed by atoms with Crippen molar-refractivity contribution in [3.63, 3.8) is 0 Å². The van der Waals surface area contributed by atoms with Gasteiger partial charge >= 0.3 is 5.97 Å². The second-order valence-electron chi connectivity index (χ2n) is 4.96. The van der Waals surface area contributed by atoms with E-state index in [2.05, 4.69) is 5.32 Å². The minimum atomic E-state index is -0.945. The summed E-state index contributed by atoms with van der Waals surface area (Å²) in [5.74, 6) is -1.15. The number of amides is 1. The van der Waals surface area contributed by atoms with Crippen molar-refractivity contribution in [1.82, 2.24) is 10.2 Å². The molecule has 1 amide bonds. The maximum Gasteiger partial charge on any atom is 0.320 e. The molecule has 6 heteroatoms. The fourth-order valence-corrected chi connectivity index (χ4v) is 1.73. The molecule has 1 unspecified atom stereocenters. The van der Waals surface area contributed by atoms with Crippen molar-refractivity contribution >= 4 is 11.9 Å². The number of nitrogens with zero attached hydrogens (tertiary/aromatic N) is 1. The molecule has 0 bridgehead atoms. The van der Waals surface area contributed by atoms with Crippen LogP contribution in [-0.4, -0.2) is 48.6 Å². The molecule has 0 fully saturated rings. The summed E-state index contributed by atoms with van der Waals surface area (Å²) < 4.78 is 5.03. The number of ether oxygens (including phenoxy) is 1. The van der Waals surface area contributed by atoms with Crippen LogP contribution in [0, 0.1) is 0 Å². The molecule has 0 heterocycles. The van der Waals surface area contributed by atoms with Crippen LogP contribution in [0.4, 0.5) is 0 Å². The first-order chi connectivity index (χ1) is 9.93. The number of carbonyl (C=O) groups excluding carboxylic acids is 1. The van der Waals surface area contributed by atoms with E-state index < -0.39 is 12.0 Å². The third kappa shape index (κ3) is 5.93. The van der Waals surface area contributed by atoms with Gasteiger partial charge in [-0.1, -0.05) is 24.3 Å². The van der Waals surface area contributed by atoms with Crippen molar-refractivity contribution in [3.8, 4) is 0 Å². The van der Waals surface area contributed by atoms with Crippen LogP contribution >= 0.6 is 0 Å². The first-order valence-electron chi connectivity index (χ1n) is 6.70. The van der Waals surface area contributed by atoms with Crippen molar-refractivity contribution in [1.29, 1.82) is 0 Å². The Balaban J connectivity index is 2.40. The number of carbonyl (C=O) groups is 2. The van der Waals surface area contributed by atoms with Gasteiger partial charge in [0.25, 0.3) is 0 Å². The number of nitrogens with one attached hydrogen (secondary N) is 1. The fourth-order valence-electron chi connectivity index (χ4n) is 1.73. The summed E-state index contributed by atoms with van der Waals surface area (Å²) in [6.45, 7) is 2.57. The van der Waals surface area contributed by atoms with Crippen LogP contribution in [-0.2, 0) is 27.5 Å². The highest BCUT2D eigenvalue weighted by atomic mass is 16.5. The van der Waals surface area contributed by atoms with Gasteiger partial charge in [-0.15, -0.1) is 0 Å². The van der Waals surface area contributed by atoms with Crippen LogP contribution in [0.15, 0.2) is 24.3 Å². The molecule has 1 aromatic carbocycles. The van der Waals surface area contributed by atoms with Crippen LogP contribution in [0.5, 0.6) is 0 Å². The zero-order valence-corrected chi connectivity index (χ0v) is 12.6. The molecule has 0 aromatic heterocycles. The number of methoxy groups -OCH3 is 1. The predicted octanol–water partition coefficient (Wildman–Crippen LogP) is 0.854. The molecule has 1 atom stereocenters. The van der Waals surface area contributed by atoms with E-state index in [1.807, 2.05) is 24.3 Å². The van der Waals surface area contributed by atoms with E-state index in [0.29, 0.717) is 13.2 Å². The second-order valence-corrected chi connectivity index (χ2v) is 4.96. The molecule has 0 saturated heterocycles. The molecule has 0 spiro atoms. The quantitative estimate of drug-likeness (QED) is 0.743. The Morgan fingerprint density at radius 2 is 1.86 bits per heavy atom. The van der Waals surface area contributed by atoms with Crippen LogP contribution in [0.25, 0.3) is 0 Å². The Bertz CT molecular complexity index is 473. The summed E-state index contributed by atoms with van der Waals surface area (Å²) in [6.07, 6.45) is 0. The number of carboxylic acid groups (broad SMARTS) is 1. The molecule has 0 saturated carbocycles. The fraction of sp³-hybridized carbons (Fsp3) is 0.467. The lowest BCUT2D eigenvalue weighted by molar-refractivity contribution is -0.142. The summed E-state index contributed by atoms with van der Waals surface area (Å²) in [7, 11) is 3.25. The summed E-state index contributed by atoms with van der Waals surface area (Å²) in [5.41, 5.74) is 2.06. The molecule has 116 valence electrons. The number of likely N-dealkylation sites (N-methyl/N-ethyl adjacent to an activating group) is 1. The number of hydrogen-bond donors (Lipinski definition) is 2. The molecular weight excluding hydrogens is 272 g/mol. The van der Waals surface area contributed by atoms with Gasteiger partial charge in [-0.2, -0.15) is 0 Å². The van der Waals surface area contributed by atoms with E-state index in [1.54, 1.807) is 21.1 Å². The lowest BCUT2D eigenvalue weighted by Crippen LogP contribution is -2.42. The van der Waals surface area contributed by atoms with E-state index in [-0.39, 0.29) is 12.5 Å². The molecule has 21 heavy (non-hydrogen) atoms. The van der Waals surface area contributed by atoms with Crippen LogP contribution in [0.2, 0.25) is 0 Å². The largest absolute Gasteiger partial charge is 0.480 e. The monoisotopic (exact) mass is 294 g/mol. The highest BCUT2D eigenvalue weighted by molar-refractivity contribution is 5.79. The van der Waals surface area contributed by atoms with E-state index >= 15 is 0 Å². The van der Waals surface area contributed by atoms with Gasteiger partial charge in [0.2, 0.25) is 5.91 Å². The van der Waals surface area contributed by atoms with Gasteiger partial charge in [0, 0.05) is 13.7 Å². The molecule has 0 radical (unpaired) electrons. The lowest BCUT2D eigenvalue weighted by Gasteiger charge is -2.20. The van der Waals surface area contributed by atoms with Gasteiger partial charge in [-0.3, -0.25) is 14.5 Å². The smallest absolute Gasteiger partial charge is 0.320 e. The minimum absolute atomic E-state index is 0.0508. The lowest BCUT2D eigenvalue weighted by atomic mass is 10.1.